The van der Waals surface area contributed by atoms with E-state index in [1.807, 2.05) is 0 Å². The number of carbonyl (C=O) groups excluding carboxylic acids is 3. The molecule has 2 heterocycles. The van der Waals surface area contributed by atoms with Gasteiger partial charge in [-0.15, -0.1) is 6.58 Å². The molecule has 0 aliphatic carbocycles. The van der Waals surface area contributed by atoms with Crippen molar-refractivity contribution in [2.24, 2.45) is 4.99 Å². The second-order valence-corrected chi connectivity index (χ2v) is 6.80. The van der Waals surface area contributed by atoms with E-state index in [-0.39, 0.29) is 6.61 Å². The van der Waals surface area contributed by atoms with Crippen molar-refractivity contribution < 1.29 is 33.3 Å². The zero-order valence-corrected chi connectivity index (χ0v) is 15.6. The molecule has 0 saturated carbocycles. The smallest absolute Gasteiger partial charge is 0.303 e. The van der Waals surface area contributed by atoms with Crippen molar-refractivity contribution >= 4 is 34.8 Å². The number of rotatable bonds is 6. The molecule has 0 spiro atoms. The first kappa shape index (κ1) is 20.2. The molecule has 1 N–H and O–H groups in total. The van der Waals surface area contributed by atoms with Gasteiger partial charge in [0.25, 0.3) is 0 Å². The van der Waals surface area contributed by atoms with E-state index >= 15 is 0 Å². The Balaban J connectivity index is 2.27. The third-order valence-electron chi connectivity index (χ3n) is 3.58. The highest BCUT2D eigenvalue weighted by molar-refractivity contribution is 8.14. The van der Waals surface area contributed by atoms with Crippen LogP contribution in [0.5, 0.6) is 0 Å². The topological polar surface area (TPSA) is 113 Å². The van der Waals surface area contributed by atoms with E-state index in [1.165, 1.54) is 32.5 Å². The Morgan fingerprint density at radius 3 is 2.42 bits per heavy atom. The van der Waals surface area contributed by atoms with Gasteiger partial charge in [0.15, 0.2) is 17.4 Å². The molecule has 0 aromatic rings. The second-order valence-electron chi connectivity index (χ2n) is 5.72. The van der Waals surface area contributed by atoms with Gasteiger partial charge in [0.1, 0.15) is 24.2 Å². The fourth-order valence-electron chi connectivity index (χ4n) is 2.67. The molecule has 0 bridgehead atoms. The van der Waals surface area contributed by atoms with Crippen molar-refractivity contribution in [3.05, 3.63) is 12.7 Å². The van der Waals surface area contributed by atoms with E-state index in [1.54, 1.807) is 6.08 Å². The van der Waals surface area contributed by atoms with Gasteiger partial charge in [-0.1, -0.05) is 17.8 Å². The number of nitrogens with one attached hydrogen (secondary N) is 1. The fraction of sp³-hybridized carbons (Fsp3) is 0.625. The molecule has 2 rings (SSSR count). The summed E-state index contributed by atoms with van der Waals surface area (Å²) in [4.78, 5) is 38.6. The Labute approximate surface area is 155 Å². The molecule has 10 heteroatoms. The molecule has 9 nitrogen and oxygen atoms in total. The van der Waals surface area contributed by atoms with Crippen LogP contribution in [0.25, 0.3) is 0 Å². The predicted molar refractivity (Wildman–Crippen MR) is 93.4 cm³/mol. The fourth-order valence-corrected chi connectivity index (χ4v) is 3.81. The molecule has 5 atom stereocenters. The number of ether oxygens (including phenoxy) is 4. The van der Waals surface area contributed by atoms with Crippen LogP contribution in [-0.4, -0.2) is 66.0 Å². The van der Waals surface area contributed by atoms with Crippen molar-refractivity contribution in [2.45, 2.75) is 50.6 Å². The summed E-state index contributed by atoms with van der Waals surface area (Å²) >= 11 is 1.32. The van der Waals surface area contributed by atoms with Crippen LogP contribution in [0, 0.1) is 0 Å². The Kier molecular flexibility index (Phi) is 7.04. The Hall–Kier alpha value is -2.07. The van der Waals surface area contributed by atoms with Crippen LogP contribution in [0.15, 0.2) is 17.6 Å². The largest absolute Gasteiger partial charge is 0.463 e. The first-order chi connectivity index (χ1) is 12.3. The van der Waals surface area contributed by atoms with E-state index in [0.29, 0.717) is 11.7 Å². The molecule has 2 fully saturated rings. The minimum atomic E-state index is -0.927. The lowest BCUT2D eigenvalue weighted by Crippen LogP contribution is -2.62. The van der Waals surface area contributed by atoms with E-state index < -0.39 is 47.7 Å². The highest BCUT2D eigenvalue weighted by Gasteiger charge is 2.53. The van der Waals surface area contributed by atoms with Gasteiger partial charge in [0, 0.05) is 20.8 Å². The molecular weight excluding hydrogens is 364 g/mol. The van der Waals surface area contributed by atoms with E-state index in [9.17, 15) is 14.4 Å². The summed E-state index contributed by atoms with van der Waals surface area (Å²) < 4.78 is 21.7. The van der Waals surface area contributed by atoms with Gasteiger partial charge in [0.2, 0.25) is 0 Å². The lowest BCUT2D eigenvalue weighted by molar-refractivity contribution is -0.209. The monoisotopic (exact) mass is 386 g/mol. The molecule has 0 aromatic heterocycles. The maximum absolute atomic E-state index is 11.6. The van der Waals surface area contributed by atoms with Crippen LogP contribution < -0.4 is 5.32 Å². The predicted octanol–water partition coefficient (Wildman–Crippen LogP) is 0.385. The molecule has 2 aliphatic rings. The van der Waals surface area contributed by atoms with Crippen molar-refractivity contribution in [3.8, 4) is 0 Å². The molecule has 2 aliphatic heterocycles. The van der Waals surface area contributed by atoms with Crippen molar-refractivity contribution in [1.29, 1.82) is 0 Å². The van der Waals surface area contributed by atoms with Crippen LogP contribution in [-0.2, 0) is 33.3 Å². The summed E-state index contributed by atoms with van der Waals surface area (Å²) in [7, 11) is 0. The van der Waals surface area contributed by atoms with E-state index in [2.05, 4.69) is 16.9 Å². The third-order valence-corrected chi connectivity index (χ3v) is 4.69. The normalized spacial score (nSPS) is 31.5. The third kappa shape index (κ3) is 5.21. The number of thioether (sulfide) groups is 1. The molecule has 0 radical (unpaired) electrons. The Morgan fingerprint density at radius 2 is 1.85 bits per heavy atom. The number of hydrogen-bond donors (Lipinski definition) is 1. The minimum Gasteiger partial charge on any atom is -0.463 e. The van der Waals surface area contributed by atoms with Crippen molar-refractivity contribution in [2.75, 3.05) is 13.2 Å². The molecule has 144 valence electrons. The van der Waals surface area contributed by atoms with Gasteiger partial charge in [-0.2, -0.15) is 0 Å². The highest BCUT2D eigenvalue weighted by atomic mass is 32.2. The zero-order valence-electron chi connectivity index (χ0n) is 14.8. The summed E-state index contributed by atoms with van der Waals surface area (Å²) in [6.07, 6.45) is -0.878. The Morgan fingerprint density at radius 1 is 1.19 bits per heavy atom. The summed E-state index contributed by atoms with van der Waals surface area (Å²) in [6.45, 7) is 7.68. The summed E-state index contributed by atoms with van der Waals surface area (Å²) in [5, 5.41) is 3.74. The zero-order chi connectivity index (χ0) is 19.3. The molecule has 0 aromatic carbocycles. The molecule has 2 unspecified atom stereocenters. The van der Waals surface area contributed by atoms with Gasteiger partial charge in [0.05, 0.1) is 6.54 Å². The van der Waals surface area contributed by atoms with Crippen LogP contribution in [0.2, 0.25) is 0 Å². The Bertz CT molecular complexity index is 609. The number of amidine groups is 1. The summed E-state index contributed by atoms with van der Waals surface area (Å²) in [5.41, 5.74) is -0.449. The number of nitrogens with zero attached hydrogens (tertiary/aromatic N) is 1. The average molecular weight is 386 g/mol. The number of carbonyl (C=O) groups is 3. The van der Waals surface area contributed by atoms with Gasteiger partial charge >= 0.3 is 17.9 Å². The van der Waals surface area contributed by atoms with Crippen LogP contribution >= 0.6 is 11.8 Å². The van der Waals surface area contributed by atoms with Gasteiger partial charge in [-0.3, -0.25) is 19.4 Å². The maximum atomic E-state index is 11.6. The molecule has 26 heavy (non-hydrogen) atoms. The molecule has 0 amide bonds. The highest BCUT2D eigenvalue weighted by Crippen LogP contribution is 2.36. The SMILES string of the molecule is C=CCN=C1NC2C(O[C@H](COC(C)=O)[C@@H](OC(C)=O)[C@@H]2OC(C)=O)S1. The van der Waals surface area contributed by atoms with Crippen LogP contribution in [0.4, 0.5) is 0 Å². The number of esters is 3. The van der Waals surface area contributed by atoms with Crippen LogP contribution in [0.3, 0.4) is 0 Å². The molecular formula is C16H22N2O7S. The molecule has 2 saturated heterocycles. The standard InChI is InChI=1S/C16H22N2O7S/c1-5-6-17-16-18-12-14(24-10(4)21)13(23-9(3)20)11(7-22-8(2)19)25-15(12)26-16/h5,11-15H,1,6-7H2,2-4H3,(H,17,18)/t11-,12?,13-,14-,15?/m1/s1. The van der Waals surface area contributed by atoms with E-state index in [0.717, 1.165) is 0 Å². The minimum absolute atomic E-state index is 0.131. The lowest BCUT2D eigenvalue weighted by Gasteiger charge is -2.41. The number of fused-ring (bicyclic) bond motifs is 1. The number of aliphatic imine (C=N–C) groups is 1. The lowest BCUT2D eigenvalue weighted by atomic mass is 9.97. The summed E-state index contributed by atoms with van der Waals surface area (Å²) in [5.74, 6) is -1.58. The van der Waals surface area contributed by atoms with E-state index in [4.69, 9.17) is 18.9 Å². The first-order valence-corrected chi connectivity index (χ1v) is 8.91. The van der Waals surface area contributed by atoms with Crippen molar-refractivity contribution in [3.63, 3.8) is 0 Å². The van der Waals surface area contributed by atoms with Crippen molar-refractivity contribution in [1.82, 2.24) is 5.32 Å². The summed E-state index contributed by atoms with van der Waals surface area (Å²) in [6, 6.07) is -0.467. The van der Waals surface area contributed by atoms with Gasteiger partial charge in [-0.05, 0) is 0 Å². The van der Waals surface area contributed by atoms with Crippen LogP contribution in [0.1, 0.15) is 20.8 Å². The second kappa shape index (κ2) is 9.04. The van der Waals surface area contributed by atoms with Gasteiger partial charge < -0.3 is 24.3 Å². The maximum Gasteiger partial charge on any atom is 0.303 e. The quantitative estimate of drug-likeness (QED) is 0.393. The average Bonchev–Trinajstić information content (AvgIpc) is 2.95. The number of hydrogen-bond acceptors (Lipinski definition) is 9. The first-order valence-electron chi connectivity index (χ1n) is 8.03. The van der Waals surface area contributed by atoms with Gasteiger partial charge in [-0.25, -0.2) is 0 Å².